The summed E-state index contributed by atoms with van der Waals surface area (Å²) < 4.78 is 6.07. The maximum absolute atomic E-state index is 9.81. The van der Waals surface area contributed by atoms with Crippen LogP contribution in [0.2, 0.25) is 0 Å². The summed E-state index contributed by atoms with van der Waals surface area (Å²) >= 11 is 0. The van der Waals surface area contributed by atoms with E-state index in [2.05, 4.69) is 60.4 Å². The summed E-state index contributed by atoms with van der Waals surface area (Å²) in [6.45, 7) is 6.39. The standard InChI is InChI=1S/C30H33NO2/c1-22-28-8-4-3-7-25(28)21-29(30(22)24-9-13-26(32)14-10-24)23-11-15-27(16-12-23)33-20-19-31-17-5-2-6-18-31/h3-4,7-16,29,32H,2,5-6,17-21H2,1H3. The molecule has 3 heteroatoms. The average Bonchev–Trinajstić information content (AvgIpc) is 2.86. The van der Waals surface area contributed by atoms with Gasteiger partial charge in [0.2, 0.25) is 0 Å². The van der Waals surface area contributed by atoms with E-state index in [-0.39, 0.29) is 5.92 Å². The van der Waals surface area contributed by atoms with Crippen LogP contribution in [0.1, 0.15) is 54.4 Å². The van der Waals surface area contributed by atoms with Crippen LogP contribution in [0.3, 0.4) is 0 Å². The molecule has 1 saturated heterocycles. The van der Waals surface area contributed by atoms with Gasteiger partial charge in [-0.05, 0) is 96.9 Å². The number of aromatic hydroxyl groups is 1. The summed E-state index contributed by atoms with van der Waals surface area (Å²) in [5.41, 5.74) is 7.85. The van der Waals surface area contributed by atoms with Crippen molar-refractivity contribution in [3.05, 3.63) is 95.1 Å². The molecule has 3 aromatic carbocycles. The number of hydrogen-bond donors (Lipinski definition) is 1. The Balaban J connectivity index is 1.37. The SMILES string of the molecule is CC1=C(c2ccc(O)cc2)C(c2ccc(OCCN3CCCCC3)cc2)Cc2ccccc21. The number of rotatable bonds is 6. The van der Waals surface area contributed by atoms with Gasteiger partial charge in [0.15, 0.2) is 0 Å². The summed E-state index contributed by atoms with van der Waals surface area (Å²) in [7, 11) is 0. The van der Waals surface area contributed by atoms with Gasteiger partial charge in [-0.25, -0.2) is 0 Å². The molecular weight excluding hydrogens is 406 g/mol. The second-order valence-corrected chi connectivity index (χ2v) is 9.32. The van der Waals surface area contributed by atoms with Crippen LogP contribution in [-0.4, -0.2) is 36.2 Å². The number of likely N-dealkylation sites (tertiary alicyclic amines) is 1. The van der Waals surface area contributed by atoms with Crippen LogP contribution in [-0.2, 0) is 6.42 Å². The van der Waals surface area contributed by atoms with E-state index in [0.717, 1.165) is 25.3 Å². The highest BCUT2D eigenvalue weighted by atomic mass is 16.5. The molecule has 2 aliphatic rings. The lowest BCUT2D eigenvalue weighted by atomic mass is 9.73. The summed E-state index contributed by atoms with van der Waals surface area (Å²) in [6.07, 6.45) is 4.97. The highest BCUT2D eigenvalue weighted by molar-refractivity contribution is 5.95. The van der Waals surface area contributed by atoms with Crippen LogP contribution in [0.25, 0.3) is 11.1 Å². The van der Waals surface area contributed by atoms with E-state index in [4.69, 9.17) is 4.74 Å². The maximum atomic E-state index is 9.81. The van der Waals surface area contributed by atoms with Crippen molar-refractivity contribution >= 4 is 11.1 Å². The molecule has 0 amide bonds. The van der Waals surface area contributed by atoms with E-state index >= 15 is 0 Å². The highest BCUT2D eigenvalue weighted by Gasteiger charge is 2.27. The fourth-order valence-corrected chi connectivity index (χ4v) is 5.41. The zero-order valence-corrected chi connectivity index (χ0v) is 19.5. The molecule has 170 valence electrons. The van der Waals surface area contributed by atoms with Crippen LogP contribution in [0, 0.1) is 0 Å². The number of piperidine rings is 1. The van der Waals surface area contributed by atoms with Crippen molar-refractivity contribution in [3.8, 4) is 11.5 Å². The van der Waals surface area contributed by atoms with Crippen molar-refractivity contribution in [3.63, 3.8) is 0 Å². The zero-order valence-electron chi connectivity index (χ0n) is 19.5. The van der Waals surface area contributed by atoms with E-state index < -0.39 is 0 Å². The first-order chi connectivity index (χ1) is 16.2. The third-order valence-corrected chi connectivity index (χ3v) is 7.18. The molecule has 3 nitrogen and oxygen atoms in total. The van der Waals surface area contributed by atoms with E-state index in [9.17, 15) is 5.11 Å². The lowest BCUT2D eigenvalue weighted by Gasteiger charge is -2.30. The molecular formula is C30H33NO2. The topological polar surface area (TPSA) is 32.7 Å². The van der Waals surface area contributed by atoms with E-state index in [0.29, 0.717) is 5.75 Å². The van der Waals surface area contributed by atoms with Crippen molar-refractivity contribution < 1.29 is 9.84 Å². The number of benzene rings is 3. The van der Waals surface area contributed by atoms with Crippen LogP contribution < -0.4 is 4.74 Å². The van der Waals surface area contributed by atoms with Crippen LogP contribution in [0.15, 0.2) is 72.8 Å². The summed E-state index contributed by atoms with van der Waals surface area (Å²) in [4.78, 5) is 2.51. The predicted molar refractivity (Wildman–Crippen MR) is 136 cm³/mol. The van der Waals surface area contributed by atoms with Crippen molar-refractivity contribution in [1.82, 2.24) is 4.90 Å². The number of phenols is 1. The van der Waals surface area contributed by atoms with Crippen LogP contribution in [0.5, 0.6) is 11.5 Å². The fourth-order valence-electron chi connectivity index (χ4n) is 5.41. The van der Waals surface area contributed by atoms with Gasteiger partial charge in [0, 0.05) is 12.5 Å². The molecule has 1 heterocycles. The minimum absolute atomic E-state index is 0.270. The molecule has 1 aliphatic carbocycles. The Kier molecular flexibility index (Phi) is 6.50. The average molecular weight is 440 g/mol. The van der Waals surface area contributed by atoms with Gasteiger partial charge in [0.05, 0.1) is 0 Å². The van der Waals surface area contributed by atoms with Crippen LogP contribution in [0.4, 0.5) is 0 Å². The molecule has 0 radical (unpaired) electrons. The first kappa shape index (κ1) is 21.8. The van der Waals surface area contributed by atoms with Crippen molar-refractivity contribution in [2.45, 2.75) is 38.5 Å². The van der Waals surface area contributed by atoms with Crippen molar-refractivity contribution in [2.24, 2.45) is 0 Å². The molecule has 0 spiro atoms. The summed E-state index contributed by atoms with van der Waals surface area (Å²) in [5, 5.41) is 9.81. The number of ether oxygens (including phenoxy) is 1. The minimum atomic E-state index is 0.270. The van der Waals surface area contributed by atoms with Gasteiger partial charge in [-0.1, -0.05) is 55.0 Å². The largest absolute Gasteiger partial charge is 0.508 e. The number of phenolic OH excluding ortho intramolecular Hbond substituents is 1. The van der Waals surface area contributed by atoms with Crippen molar-refractivity contribution in [2.75, 3.05) is 26.2 Å². The number of nitrogens with zero attached hydrogens (tertiary/aromatic N) is 1. The van der Waals surface area contributed by atoms with Gasteiger partial charge in [0.1, 0.15) is 18.1 Å². The highest BCUT2D eigenvalue weighted by Crippen LogP contribution is 2.45. The second kappa shape index (κ2) is 9.84. The van der Waals surface area contributed by atoms with Gasteiger partial charge in [0.25, 0.3) is 0 Å². The monoisotopic (exact) mass is 439 g/mol. The molecule has 3 aromatic rings. The molecule has 1 N–H and O–H groups in total. The van der Waals surface area contributed by atoms with Gasteiger partial charge in [-0.2, -0.15) is 0 Å². The van der Waals surface area contributed by atoms with E-state index in [1.54, 1.807) is 12.1 Å². The third-order valence-electron chi connectivity index (χ3n) is 7.18. The maximum Gasteiger partial charge on any atom is 0.119 e. The minimum Gasteiger partial charge on any atom is -0.508 e. The second-order valence-electron chi connectivity index (χ2n) is 9.32. The molecule has 5 rings (SSSR count). The molecule has 0 bridgehead atoms. The number of allylic oxidation sites excluding steroid dienone is 2. The summed E-state index contributed by atoms with van der Waals surface area (Å²) in [6, 6.07) is 25.1. The fraction of sp³-hybridized carbons (Fsp3) is 0.333. The Morgan fingerprint density at radius 1 is 0.879 bits per heavy atom. The van der Waals surface area contributed by atoms with Crippen molar-refractivity contribution in [1.29, 1.82) is 0 Å². The Hall–Kier alpha value is -3.04. The number of hydrogen-bond acceptors (Lipinski definition) is 3. The Bertz CT molecular complexity index is 1110. The van der Waals surface area contributed by atoms with Gasteiger partial charge >= 0.3 is 0 Å². The molecule has 1 unspecified atom stereocenters. The molecule has 1 fully saturated rings. The zero-order chi connectivity index (χ0) is 22.6. The van der Waals surface area contributed by atoms with E-state index in [1.807, 2.05) is 12.1 Å². The molecule has 0 aromatic heterocycles. The van der Waals surface area contributed by atoms with E-state index in [1.165, 1.54) is 65.8 Å². The van der Waals surface area contributed by atoms with Gasteiger partial charge in [-0.15, -0.1) is 0 Å². The third kappa shape index (κ3) is 4.84. The Morgan fingerprint density at radius 2 is 1.61 bits per heavy atom. The van der Waals surface area contributed by atoms with Gasteiger partial charge in [-0.3, -0.25) is 4.90 Å². The molecule has 1 aliphatic heterocycles. The summed E-state index contributed by atoms with van der Waals surface area (Å²) in [5.74, 6) is 1.52. The molecule has 1 atom stereocenters. The quantitative estimate of drug-likeness (QED) is 0.474. The lowest BCUT2D eigenvalue weighted by molar-refractivity contribution is 0.183. The van der Waals surface area contributed by atoms with Crippen LogP contribution >= 0.6 is 0 Å². The predicted octanol–water partition coefficient (Wildman–Crippen LogP) is 6.53. The lowest BCUT2D eigenvalue weighted by Crippen LogP contribution is -2.33. The Labute approximate surface area is 197 Å². The smallest absolute Gasteiger partial charge is 0.119 e. The normalized spacial score (nSPS) is 18.8. The number of fused-ring (bicyclic) bond motifs is 1. The Morgan fingerprint density at radius 3 is 2.36 bits per heavy atom. The molecule has 0 saturated carbocycles. The molecule has 33 heavy (non-hydrogen) atoms. The first-order valence-corrected chi connectivity index (χ1v) is 12.2. The first-order valence-electron chi connectivity index (χ1n) is 12.2. The van der Waals surface area contributed by atoms with Gasteiger partial charge < -0.3 is 9.84 Å².